The van der Waals surface area contributed by atoms with E-state index < -0.39 is 23.6 Å². The average Bonchev–Trinajstić information content (AvgIpc) is 1.63. The first-order valence-corrected chi connectivity index (χ1v) is 2.68. The maximum Gasteiger partial charge on any atom is 1.00 e. The fourth-order valence-corrected chi connectivity index (χ4v) is 0.409. The third-order valence-electron chi connectivity index (χ3n) is 0.653. The Bertz CT molecular complexity index is 147. The van der Waals surface area contributed by atoms with Gasteiger partial charge in [-0.05, 0) is 0 Å². The molecule has 0 amide bonds. The first-order valence-electron chi connectivity index (χ1n) is 2.16. The molecule has 1 radical (unpaired) electrons. The maximum atomic E-state index is 9.90. The summed E-state index contributed by atoms with van der Waals surface area (Å²) in [6.07, 6.45) is -0.446. The normalized spacial score (nSPS) is 10.3. The first kappa shape index (κ1) is 17.9. The smallest absolute Gasteiger partial charge is 1.00 e. The summed E-state index contributed by atoms with van der Waals surface area (Å²) in [6, 6.07) is 0. The number of carboxylic acid groups (broad SMARTS) is 2. The summed E-state index contributed by atoms with van der Waals surface area (Å²) < 4.78 is 0. The van der Waals surface area contributed by atoms with Crippen LogP contribution in [0.5, 0.6) is 0 Å². The van der Waals surface area contributed by atoms with Crippen molar-refractivity contribution in [3.63, 3.8) is 0 Å². The third kappa shape index (κ3) is 11.0. The molecule has 4 nitrogen and oxygen atoms in total. The van der Waals surface area contributed by atoms with Crippen molar-refractivity contribution in [2.45, 2.75) is 11.7 Å². The van der Waals surface area contributed by atoms with Gasteiger partial charge in [-0.3, -0.25) is 9.59 Å². The Balaban J connectivity index is -0.000000107. The van der Waals surface area contributed by atoms with Crippen LogP contribution in [0.3, 0.4) is 0 Å². The molecule has 0 aliphatic rings. The summed E-state index contributed by atoms with van der Waals surface area (Å²) in [6.45, 7) is 0. The van der Waals surface area contributed by atoms with Crippen LogP contribution in [-0.2, 0) is 32.0 Å². The summed E-state index contributed by atoms with van der Waals surface area (Å²) in [7, 11) is 0. The zero-order valence-electron chi connectivity index (χ0n) is 6.74. The SMILES string of the molecule is O=C(O)CC(S)C(=O)O.[Au].[H-].[Na+]. The Hall–Kier alpha value is 1.03. The molecule has 0 fully saturated rings. The summed E-state index contributed by atoms with van der Waals surface area (Å²) >= 11 is 3.48. The van der Waals surface area contributed by atoms with Crippen LogP contribution in [0.1, 0.15) is 7.85 Å². The van der Waals surface area contributed by atoms with Crippen LogP contribution in [0.25, 0.3) is 0 Å². The molecule has 65 valence electrons. The fraction of sp³-hybridized carbons (Fsp3) is 0.500. The second kappa shape index (κ2) is 9.12. The number of hydrogen-bond donors (Lipinski definition) is 3. The molecule has 1 atom stereocenters. The fourth-order valence-electron chi connectivity index (χ4n) is 0.253. The minimum absolute atomic E-state index is 0. The van der Waals surface area contributed by atoms with Gasteiger partial charge in [-0.2, -0.15) is 12.6 Å². The van der Waals surface area contributed by atoms with Crippen molar-refractivity contribution in [1.29, 1.82) is 0 Å². The summed E-state index contributed by atoms with van der Waals surface area (Å²) in [4.78, 5) is 19.7. The zero-order valence-corrected chi connectivity index (χ0v) is 10.8. The van der Waals surface area contributed by atoms with Crippen LogP contribution in [0, 0.1) is 0 Å². The monoisotopic (exact) mass is 371 g/mol. The largest absolute Gasteiger partial charge is 1.00 e. The minimum Gasteiger partial charge on any atom is -1.00 e. The number of aliphatic carboxylic acids is 2. The van der Waals surface area contributed by atoms with Gasteiger partial charge in [0.25, 0.3) is 0 Å². The molecule has 0 spiro atoms. The van der Waals surface area contributed by atoms with Gasteiger partial charge in [-0.25, -0.2) is 0 Å². The number of thiol groups is 1. The van der Waals surface area contributed by atoms with E-state index in [1.54, 1.807) is 0 Å². The molecule has 0 aliphatic heterocycles. The summed E-state index contributed by atoms with van der Waals surface area (Å²) in [5.74, 6) is -2.36. The van der Waals surface area contributed by atoms with Gasteiger partial charge in [0, 0.05) is 22.4 Å². The van der Waals surface area contributed by atoms with Crippen molar-refractivity contribution in [2.75, 3.05) is 0 Å². The summed E-state index contributed by atoms with van der Waals surface area (Å²) in [5.41, 5.74) is 0. The van der Waals surface area contributed by atoms with Gasteiger partial charge in [0.2, 0.25) is 0 Å². The minimum atomic E-state index is -1.21. The van der Waals surface area contributed by atoms with Crippen LogP contribution in [-0.4, -0.2) is 27.4 Å². The van der Waals surface area contributed by atoms with Gasteiger partial charge in [-0.15, -0.1) is 0 Å². The van der Waals surface area contributed by atoms with E-state index >= 15 is 0 Å². The molecule has 2 N–H and O–H groups in total. The molecule has 7 heteroatoms. The van der Waals surface area contributed by atoms with Gasteiger partial charge in [0.05, 0.1) is 6.42 Å². The third-order valence-corrected chi connectivity index (χ3v) is 1.06. The Labute approximate surface area is 108 Å². The van der Waals surface area contributed by atoms with Crippen molar-refractivity contribution in [2.24, 2.45) is 0 Å². The standard InChI is InChI=1S/C4H6O4S.Au.Na.H/c5-3(6)1-2(9)4(7)8;;;/h2,9H,1H2,(H,5,6)(H,7,8);;;/q;;+1;-1. The molecule has 0 aromatic rings. The zero-order chi connectivity index (χ0) is 7.44. The van der Waals surface area contributed by atoms with E-state index in [0.29, 0.717) is 0 Å². The van der Waals surface area contributed by atoms with Crippen molar-refractivity contribution in [3.8, 4) is 0 Å². The van der Waals surface area contributed by atoms with Gasteiger partial charge >= 0.3 is 41.5 Å². The molecule has 0 saturated carbocycles. The Morgan fingerprint density at radius 2 is 1.82 bits per heavy atom. The first-order chi connectivity index (χ1) is 4.04. The van der Waals surface area contributed by atoms with E-state index in [0.717, 1.165) is 0 Å². The predicted molar refractivity (Wildman–Crippen MR) is 33.8 cm³/mol. The van der Waals surface area contributed by atoms with E-state index in [1.807, 2.05) is 0 Å². The van der Waals surface area contributed by atoms with Crippen LogP contribution in [0.15, 0.2) is 0 Å². The Morgan fingerprint density at radius 3 is 1.91 bits per heavy atom. The van der Waals surface area contributed by atoms with E-state index in [9.17, 15) is 9.59 Å². The molecular formula is C4H7AuNaO4S. The van der Waals surface area contributed by atoms with Crippen LogP contribution < -0.4 is 29.6 Å². The second-order valence-corrected chi connectivity index (χ2v) is 2.08. The Kier molecular flexibility index (Phi) is 14.9. The van der Waals surface area contributed by atoms with E-state index in [2.05, 4.69) is 12.6 Å². The number of rotatable bonds is 3. The van der Waals surface area contributed by atoms with E-state index in [1.165, 1.54) is 0 Å². The molecule has 0 bridgehead atoms. The van der Waals surface area contributed by atoms with Crippen LogP contribution in [0.4, 0.5) is 0 Å². The predicted octanol–water partition coefficient (Wildman–Crippen LogP) is -3.04. The number of carbonyl (C=O) groups is 2. The van der Waals surface area contributed by atoms with Crippen LogP contribution >= 0.6 is 12.6 Å². The molecule has 0 heterocycles. The van der Waals surface area contributed by atoms with Crippen molar-refractivity contribution < 1.29 is 73.2 Å². The average molecular weight is 371 g/mol. The van der Waals surface area contributed by atoms with Crippen LogP contribution in [0.2, 0.25) is 0 Å². The Morgan fingerprint density at radius 1 is 1.45 bits per heavy atom. The van der Waals surface area contributed by atoms with Crippen molar-refractivity contribution >= 4 is 24.6 Å². The molecule has 0 saturated heterocycles. The van der Waals surface area contributed by atoms with Crippen molar-refractivity contribution in [1.82, 2.24) is 0 Å². The molecular weight excluding hydrogens is 364 g/mol. The van der Waals surface area contributed by atoms with Crippen molar-refractivity contribution in [3.05, 3.63) is 0 Å². The summed E-state index contributed by atoms with van der Waals surface area (Å²) in [5, 5.41) is 15.0. The molecule has 11 heavy (non-hydrogen) atoms. The van der Waals surface area contributed by atoms with Gasteiger partial charge in [-0.1, -0.05) is 0 Å². The molecule has 0 aliphatic carbocycles. The molecule has 1 unspecified atom stereocenters. The second-order valence-electron chi connectivity index (χ2n) is 1.45. The number of carboxylic acids is 2. The van der Waals surface area contributed by atoms with Gasteiger partial charge in [0.15, 0.2) is 0 Å². The number of hydrogen-bond acceptors (Lipinski definition) is 3. The quantitative estimate of drug-likeness (QED) is 0.364. The van der Waals surface area contributed by atoms with Gasteiger partial charge in [0.1, 0.15) is 5.25 Å². The topological polar surface area (TPSA) is 74.6 Å². The molecule has 0 rings (SSSR count). The molecule has 0 aromatic heterocycles. The molecule has 0 aromatic carbocycles. The van der Waals surface area contributed by atoms with E-state index in [4.69, 9.17) is 10.2 Å². The van der Waals surface area contributed by atoms with Gasteiger partial charge < -0.3 is 11.6 Å². The maximum absolute atomic E-state index is 9.90. The van der Waals surface area contributed by atoms with E-state index in [-0.39, 0.29) is 53.4 Å².